The molecule has 0 bridgehead atoms. The molecule has 0 aliphatic rings. The molecule has 0 aromatic carbocycles. The molecule has 0 fully saturated rings. The van der Waals surface area contributed by atoms with Gasteiger partial charge in [-0.3, -0.25) is 4.98 Å². The smallest absolute Gasteiger partial charge is 0.0809 e. The van der Waals surface area contributed by atoms with Gasteiger partial charge in [0.2, 0.25) is 0 Å². The summed E-state index contributed by atoms with van der Waals surface area (Å²) in [6.45, 7) is 1.75. The summed E-state index contributed by atoms with van der Waals surface area (Å²) >= 11 is 1.65. The van der Waals surface area contributed by atoms with Crippen molar-refractivity contribution in [2.75, 3.05) is 0 Å². The largest absolute Gasteiger partial charge is 0.389 e. The van der Waals surface area contributed by atoms with E-state index in [9.17, 15) is 5.11 Å². The fourth-order valence-corrected chi connectivity index (χ4v) is 1.88. The Hall–Kier alpha value is -0.930. The zero-order chi connectivity index (χ0) is 8.55. The van der Waals surface area contributed by atoms with Crippen LogP contribution in [-0.4, -0.2) is 10.1 Å². The van der Waals surface area contributed by atoms with E-state index in [1.54, 1.807) is 24.5 Å². The van der Waals surface area contributed by atoms with E-state index in [4.69, 9.17) is 0 Å². The van der Waals surface area contributed by atoms with Crippen LogP contribution in [0.25, 0.3) is 10.2 Å². The van der Waals surface area contributed by atoms with Gasteiger partial charge in [0.15, 0.2) is 0 Å². The first-order chi connectivity index (χ1) is 5.77. The molecule has 2 nitrogen and oxygen atoms in total. The van der Waals surface area contributed by atoms with Crippen LogP contribution in [-0.2, 0) is 0 Å². The molecule has 2 aromatic rings. The van der Waals surface area contributed by atoms with E-state index in [1.807, 2.05) is 17.5 Å². The molecule has 0 saturated heterocycles. The lowest BCUT2D eigenvalue weighted by atomic mass is 10.2. The summed E-state index contributed by atoms with van der Waals surface area (Å²) in [6.07, 6.45) is 1.30. The number of aliphatic hydroxyl groups is 1. The molecule has 12 heavy (non-hydrogen) atoms. The van der Waals surface area contributed by atoms with Crippen molar-refractivity contribution in [3.63, 3.8) is 0 Å². The van der Waals surface area contributed by atoms with Gasteiger partial charge in [0.1, 0.15) is 0 Å². The van der Waals surface area contributed by atoms with E-state index in [-0.39, 0.29) is 0 Å². The van der Waals surface area contributed by atoms with Gasteiger partial charge in [0.05, 0.1) is 16.3 Å². The second-order valence-corrected chi connectivity index (χ2v) is 3.70. The van der Waals surface area contributed by atoms with Crippen molar-refractivity contribution in [2.24, 2.45) is 0 Å². The highest BCUT2D eigenvalue weighted by molar-refractivity contribution is 7.17. The second-order valence-electron chi connectivity index (χ2n) is 2.75. The lowest BCUT2D eigenvalue weighted by Crippen LogP contribution is -1.90. The minimum Gasteiger partial charge on any atom is -0.389 e. The number of hydrogen-bond acceptors (Lipinski definition) is 3. The van der Waals surface area contributed by atoms with Crippen molar-refractivity contribution in [1.82, 2.24) is 4.98 Å². The molecule has 0 radical (unpaired) electrons. The summed E-state index contributed by atoms with van der Waals surface area (Å²) in [5.41, 5.74) is 1.88. The number of hydrogen-bond donors (Lipinski definition) is 1. The predicted octanol–water partition coefficient (Wildman–Crippen LogP) is 2.35. The monoisotopic (exact) mass is 179 g/mol. The Morgan fingerprint density at radius 3 is 3.17 bits per heavy atom. The first-order valence-electron chi connectivity index (χ1n) is 3.78. The summed E-state index contributed by atoms with van der Waals surface area (Å²) in [5, 5.41) is 11.3. The molecule has 0 spiro atoms. The molecule has 0 unspecified atom stereocenters. The van der Waals surface area contributed by atoms with Crippen molar-refractivity contribution in [3.05, 3.63) is 29.3 Å². The fraction of sp³-hybridized carbons (Fsp3) is 0.222. The fourth-order valence-electron chi connectivity index (χ4n) is 1.09. The van der Waals surface area contributed by atoms with E-state index < -0.39 is 6.10 Å². The van der Waals surface area contributed by atoms with Gasteiger partial charge in [-0.15, -0.1) is 11.3 Å². The van der Waals surface area contributed by atoms with Crippen molar-refractivity contribution >= 4 is 21.6 Å². The van der Waals surface area contributed by atoms with Crippen LogP contribution in [0.5, 0.6) is 0 Å². The maximum atomic E-state index is 9.29. The van der Waals surface area contributed by atoms with Gasteiger partial charge in [0.25, 0.3) is 0 Å². The number of rotatable bonds is 1. The van der Waals surface area contributed by atoms with E-state index in [0.29, 0.717) is 0 Å². The van der Waals surface area contributed by atoms with Gasteiger partial charge in [-0.25, -0.2) is 0 Å². The van der Waals surface area contributed by atoms with Gasteiger partial charge in [0, 0.05) is 6.20 Å². The van der Waals surface area contributed by atoms with Crippen LogP contribution in [0.2, 0.25) is 0 Å². The van der Waals surface area contributed by atoms with Gasteiger partial charge >= 0.3 is 0 Å². The summed E-state index contributed by atoms with van der Waals surface area (Å²) in [7, 11) is 0. The highest BCUT2D eigenvalue weighted by atomic mass is 32.1. The van der Waals surface area contributed by atoms with Gasteiger partial charge in [-0.1, -0.05) is 0 Å². The minimum absolute atomic E-state index is 0.427. The highest BCUT2D eigenvalue weighted by Gasteiger charge is 2.02. The zero-order valence-corrected chi connectivity index (χ0v) is 7.51. The first-order valence-corrected chi connectivity index (χ1v) is 4.66. The molecular formula is C9H9NOS. The molecule has 1 N–H and O–H groups in total. The Labute approximate surface area is 74.5 Å². The number of pyridine rings is 1. The van der Waals surface area contributed by atoms with Gasteiger partial charge in [-0.2, -0.15) is 0 Å². The van der Waals surface area contributed by atoms with Crippen molar-refractivity contribution in [3.8, 4) is 0 Å². The Morgan fingerprint density at radius 1 is 1.58 bits per heavy atom. The van der Waals surface area contributed by atoms with Crippen LogP contribution in [0.3, 0.4) is 0 Å². The maximum Gasteiger partial charge on any atom is 0.0809 e. The number of aromatic nitrogens is 1. The Balaban J connectivity index is 2.60. The lowest BCUT2D eigenvalue weighted by molar-refractivity contribution is 0.199. The van der Waals surface area contributed by atoms with Crippen LogP contribution >= 0.6 is 11.3 Å². The first kappa shape index (κ1) is 7.71. The highest BCUT2D eigenvalue weighted by Crippen LogP contribution is 2.22. The van der Waals surface area contributed by atoms with Crippen molar-refractivity contribution in [1.29, 1.82) is 0 Å². The van der Waals surface area contributed by atoms with E-state index in [0.717, 1.165) is 15.8 Å². The Morgan fingerprint density at radius 2 is 2.42 bits per heavy atom. The average Bonchev–Trinajstić information content (AvgIpc) is 2.49. The SMILES string of the molecule is C[C@@H](O)c1cnc2ccsc2c1. The average molecular weight is 179 g/mol. The molecule has 2 rings (SSSR count). The van der Waals surface area contributed by atoms with E-state index in [1.165, 1.54) is 0 Å². The number of fused-ring (bicyclic) bond motifs is 1. The van der Waals surface area contributed by atoms with Crippen LogP contribution in [0.15, 0.2) is 23.7 Å². The molecule has 3 heteroatoms. The number of aliphatic hydroxyl groups excluding tert-OH is 1. The Kier molecular flexibility index (Phi) is 1.83. The van der Waals surface area contributed by atoms with E-state index >= 15 is 0 Å². The third-order valence-corrected chi connectivity index (χ3v) is 2.66. The quantitative estimate of drug-likeness (QED) is 0.729. The summed E-state index contributed by atoms with van der Waals surface area (Å²) in [5.74, 6) is 0. The van der Waals surface area contributed by atoms with Crippen molar-refractivity contribution in [2.45, 2.75) is 13.0 Å². The molecule has 0 saturated carbocycles. The minimum atomic E-state index is -0.427. The van der Waals surface area contributed by atoms with Crippen molar-refractivity contribution < 1.29 is 5.11 Å². The number of nitrogens with zero attached hydrogens (tertiary/aromatic N) is 1. The molecule has 62 valence electrons. The summed E-state index contributed by atoms with van der Waals surface area (Å²) in [4.78, 5) is 4.21. The van der Waals surface area contributed by atoms with E-state index in [2.05, 4.69) is 4.98 Å². The van der Waals surface area contributed by atoms with Gasteiger partial charge in [-0.05, 0) is 30.0 Å². The zero-order valence-electron chi connectivity index (χ0n) is 6.69. The predicted molar refractivity (Wildman–Crippen MR) is 50.3 cm³/mol. The maximum absolute atomic E-state index is 9.29. The molecule has 0 aliphatic carbocycles. The molecule has 1 atom stereocenters. The van der Waals surface area contributed by atoms with Crippen LogP contribution in [0.4, 0.5) is 0 Å². The van der Waals surface area contributed by atoms with Crippen LogP contribution in [0.1, 0.15) is 18.6 Å². The van der Waals surface area contributed by atoms with Gasteiger partial charge < -0.3 is 5.11 Å². The second kappa shape index (κ2) is 2.84. The third kappa shape index (κ3) is 1.21. The molecule has 0 amide bonds. The molecule has 2 heterocycles. The standard InChI is InChI=1S/C9H9NOS/c1-6(11)7-4-9-8(10-5-7)2-3-12-9/h2-6,11H,1H3/t6-/m1/s1. The van der Waals surface area contributed by atoms with Crippen LogP contribution < -0.4 is 0 Å². The lowest BCUT2D eigenvalue weighted by Gasteiger charge is -2.02. The normalized spacial score (nSPS) is 13.5. The molecule has 2 aromatic heterocycles. The Bertz CT molecular complexity index is 394. The molecular weight excluding hydrogens is 170 g/mol. The number of thiophene rings is 1. The molecule has 0 aliphatic heterocycles. The third-order valence-electron chi connectivity index (χ3n) is 1.81. The summed E-state index contributed by atoms with van der Waals surface area (Å²) < 4.78 is 1.13. The summed E-state index contributed by atoms with van der Waals surface area (Å²) in [6, 6.07) is 3.96. The van der Waals surface area contributed by atoms with Crippen LogP contribution in [0, 0.1) is 0 Å². The topological polar surface area (TPSA) is 33.1 Å².